The van der Waals surface area contributed by atoms with Crippen LogP contribution in [0.4, 0.5) is 0 Å². The molecule has 3 fully saturated rings. The lowest BCUT2D eigenvalue weighted by Crippen LogP contribution is -2.35. The van der Waals surface area contributed by atoms with Crippen LogP contribution in [0.2, 0.25) is 10.4 Å². The van der Waals surface area contributed by atoms with Gasteiger partial charge in [0, 0.05) is 5.92 Å². The van der Waals surface area contributed by atoms with Crippen LogP contribution < -0.4 is 0 Å². The van der Waals surface area contributed by atoms with Crippen LogP contribution >= 0.6 is 23.2 Å². The molecule has 0 aromatic carbocycles. The molecule has 0 spiro atoms. The van der Waals surface area contributed by atoms with Crippen molar-refractivity contribution in [2.75, 3.05) is 0 Å². The first-order valence-corrected chi connectivity index (χ1v) is 8.65. The molecule has 0 radical (unpaired) electrons. The molecule has 0 amide bonds. The predicted molar refractivity (Wildman–Crippen MR) is 86.4 cm³/mol. The van der Waals surface area contributed by atoms with E-state index in [1.807, 2.05) is 0 Å². The molecule has 25 heavy (non-hydrogen) atoms. The Kier molecular flexibility index (Phi) is 2.91. The highest BCUT2D eigenvalue weighted by Gasteiger charge is 2.80. The van der Waals surface area contributed by atoms with E-state index in [0.29, 0.717) is 17.6 Å². The van der Waals surface area contributed by atoms with Crippen LogP contribution in [0.25, 0.3) is 11.2 Å². The van der Waals surface area contributed by atoms with Gasteiger partial charge in [-0.25, -0.2) is 9.97 Å². The highest BCUT2D eigenvalue weighted by molar-refractivity contribution is 6.35. The highest BCUT2D eigenvalue weighted by atomic mass is 35.5. The highest BCUT2D eigenvalue weighted by Crippen LogP contribution is 2.71. The second kappa shape index (κ2) is 4.62. The number of ether oxygens (including phenoxy) is 2. The number of aliphatic carboxylic acids is 1. The fourth-order valence-corrected chi connectivity index (χ4v) is 4.94. The number of nitrogens with zero attached hydrogens (tertiary/aromatic N) is 4. The van der Waals surface area contributed by atoms with E-state index in [4.69, 9.17) is 32.7 Å². The van der Waals surface area contributed by atoms with Crippen LogP contribution in [0.15, 0.2) is 6.33 Å². The van der Waals surface area contributed by atoms with Crippen molar-refractivity contribution in [2.24, 2.45) is 11.3 Å². The molecule has 5 atom stereocenters. The summed E-state index contributed by atoms with van der Waals surface area (Å²) < 4.78 is 13.8. The van der Waals surface area contributed by atoms with E-state index in [-0.39, 0.29) is 22.4 Å². The summed E-state index contributed by atoms with van der Waals surface area (Å²) in [5.41, 5.74) is -0.0373. The van der Waals surface area contributed by atoms with Crippen molar-refractivity contribution in [3.8, 4) is 0 Å². The Bertz CT molecular complexity index is 932. The van der Waals surface area contributed by atoms with E-state index in [0.717, 1.165) is 0 Å². The monoisotopic (exact) mass is 384 g/mol. The maximum absolute atomic E-state index is 12.0. The van der Waals surface area contributed by atoms with Gasteiger partial charge in [-0.3, -0.25) is 4.79 Å². The number of rotatable bonds is 2. The van der Waals surface area contributed by atoms with Crippen molar-refractivity contribution < 1.29 is 19.4 Å². The third-order valence-electron chi connectivity index (χ3n) is 5.52. The first kappa shape index (κ1) is 15.7. The number of imidazole rings is 1. The maximum Gasteiger partial charge on any atom is 0.312 e. The van der Waals surface area contributed by atoms with Crippen molar-refractivity contribution in [1.29, 1.82) is 0 Å². The number of halogens is 2. The number of hydrogen-bond acceptors (Lipinski definition) is 6. The van der Waals surface area contributed by atoms with Crippen molar-refractivity contribution in [3.05, 3.63) is 16.8 Å². The molecule has 3 aliphatic rings. The van der Waals surface area contributed by atoms with Gasteiger partial charge in [-0.1, -0.05) is 11.6 Å². The Morgan fingerprint density at radius 3 is 2.84 bits per heavy atom. The Labute approximate surface area is 152 Å². The summed E-state index contributed by atoms with van der Waals surface area (Å²) in [5.74, 6) is -1.82. The largest absolute Gasteiger partial charge is 0.481 e. The topological polar surface area (TPSA) is 99.4 Å². The van der Waals surface area contributed by atoms with Crippen molar-refractivity contribution in [1.82, 2.24) is 19.5 Å². The fraction of sp³-hybridized carbons (Fsp3) is 0.600. The fourth-order valence-electron chi connectivity index (χ4n) is 4.52. The van der Waals surface area contributed by atoms with E-state index in [1.54, 1.807) is 24.7 Å². The van der Waals surface area contributed by atoms with Crippen molar-refractivity contribution in [2.45, 2.75) is 44.3 Å². The summed E-state index contributed by atoms with van der Waals surface area (Å²) in [5, 5.41) is 9.99. The second-order valence-electron chi connectivity index (χ2n) is 7.27. The quantitative estimate of drug-likeness (QED) is 0.626. The molecule has 0 bridgehead atoms. The third kappa shape index (κ3) is 1.91. The molecule has 2 aromatic heterocycles. The van der Waals surface area contributed by atoms with E-state index in [2.05, 4.69) is 15.0 Å². The standard InChI is InChI=1S/C15H14Cl2N4O4/c1-14(2)24-8-7(5-3-15(5,12(22)23)9(8)25-14)21-4-18-6-10(16)19-13(17)20-11(6)21/h4-5,7-9H,3H2,1-2H3,(H,22,23)/t5-,7-,8+,9+,15-/m1/s1. The summed E-state index contributed by atoms with van der Waals surface area (Å²) in [6.07, 6.45) is 1.20. The molecule has 2 saturated carbocycles. The average Bonchev–Trinajstić information content (AvgIpc) is 2.83. The number of fused-ring (bicyclic) bond motifs is 4. The smallest absolute Gasteiger partial charge is 0.312 e. The van der Waals surface area contributed by atoms with Crippen molar-refractivity contribution >= 4 is 40.3 Å². The Morgan fingerprint density at radius 1 is 1.36 bits per heavy atom. The molecule has 3 heterocycles. The van der Waals surface area contributed by atoms with Crippen LogP contribution in [-0.2, 0) is 14.3 Å². The van der Waals surface area contributed by atoms with Gasteiger partial charge in [0.15, 0.2) is 16.6 Å². The SMILES string of the molecule is CC1(C)O[C@H]2[C@H](n3cnc4c(Cl)nc(Cl)nc43)[C@H]3C[C@]3(C(=O)O)[C@H]2O1. The summed E-state index contributed by atoms with van der Waals surface area (Å²) in [7, 11) is 0. The van der Waals surface area contributed by atoms with E-state index < -0.39 is 29.4 Å². The number of aromatic nitrogens is 4. The molecule has 2 aromatic rings. The zero-order chi connectivity index (χ0) is 17.7. The van der Waals surface area contributed by atoms with Crippen LogP contribution in [0.1, 0.15) is 26.3 Å². The zero-order valence-electron chi connectivity index (χ0n) is 13.3. The normalized spacial score (nSPS) is 37.9. The summed E-state index contributed by atoms with van der Waals surface area (Å²) in [6, 6.07) is -0.269. The van der Waals surface area contributed by atoms with Gasteiger partial charge < -0.3 is 19.1 Å². The minimum Gasteiger partial charge on any atom is -0.481 e. The molecule has 1 saturated heterocycles. The molecule has 0 unspecified atom stereocenters. The molecule has 10 heteroatoms. The predicted octanol–water partition coefficient (Wildman–Crippen LogP) is 2.30. The average molecular weight is 385 g/mol. The molecular formula is C15H14Cl2N4O4. The molecule has 1 N–H and O–H groups in total. The second-order valence-corrected chi connectivity index (χ2v) is 7.97. The van der Waals surface area contributed by atoms with Crippen molar-refractivity contribution in [3.63, 3.8) is 0 Å². The van der Waals surface area contributed by atoms with Crippen LogP contribution in [-0.4, -0.2) is 48.6 Å². The van der Waals surface area contributed by atoms with Crippen LogP contribution in [0, 0.1) is 11.3 Å². The number of carbonyl (C=O) groups is 1. The molecule has 132 valence electrons. The Morgan fingerprint density at radius 2 is 2.12 bits per heavy atom. The minimum absolute atomic E-state index is 0.0120. The third-order valence-corrected chi connectivity index (χ3v) is 5.95. The van der Waals surface area contributed by atoms with Gasteiger partial charge in [-0.2, -0.15) is 4.98 Å². The molecular weight excluding hydrogens is 371 g/mol. The zero-order valence-corrected chi connectivity index (χ0v) is 14.8. The number of carboxylic acids is 1. The molecule has 1 aliphatic heterocycles. The van der Waals surface area contributed by atoms with Gasteiger partial charge in [-0.05, 0) is 31.9 Å². The van der Waals surface area contributed by atoms with Gasteiger partial charge >= 0.3 is 5.97 Å². The van der Waals surface area contributed by atoms with Gasteiger partial charge in [-0.15, -0.1) is 0 Å². The van der Waals surface area contributed by atoms with E-state index >= 15 is 0 Å². The Hall–Kier alpha value is -1.48. The van der Waals surface area contributed by atoms with Crippen LogP contribution in [0.5, 0.6) is 0 Å². The van der Waals surface area contributed by atoms with Gasteiger partial charge in [0.1, 0.15) is 23.1 Å². The van der Waals surface area contributed by atoms with Gasteiger partial charge in [0.2, 0.25) is 5.28 Å². The lowest BCUT2D eigenvalue weighted by molar-refractivity contribution is -0.170. The molecule has 2 aliphatic carbocycles. The maximum atomic E-state index is 12.0. The first-order valence-electron chi connectivity index (χ1n) is 7.89. The Balaban J connectivity index is 1.67. The number of hydrogen-bond donors (Lipinski definition) is 1. The first-order chi connectivity index (χ1) is 11.7. The summed E-state index contributed by atoms with van der Waals surface area (Å²) in [6.45, 7) is 3.58. The van der Waals surface area contributed by atoms with Crippen LogP contribution in [0.3, 0.4) is 0 Å². The lowest BCUT2D eigenvalue weighted by atomic mass is 9.99. The van der Waals surface area contributed by atoms with Gasteiger partial charge in [0.05, 0.1) is 12.4 Å². The summed E-state index contributed by atoms with van der Waals surface area (Å²) >= 11 is 12.0. The lowest BCUT2D eigenvalue weighted by Gasteiger charge is -2.24. The van der Waals surface area contributed by atoms with E-state index in [9.17, 15) is 9.90 Å². The molecule has 5 rings (SSSR count). The van der Waals surface area contributed by atoms with Gasteiger partial charge in [0.25, 0.3) is 0 Å². The van der Waals surface area contributed by atoms with E-state index in [1.165, 1.54) is 0 Å². The minimum atomic E-state index is -0.930. The number of carboxylic acid groups (broad SMARTS) is 1. The molecule has 8 nitrogen and oxygen atoms in total. The summed E-state index contributed by atoms with van der Waals surface area (Å²) in [4.78, 5) is 24.4.